The normalized spacial score (nSPS) is 20.5. The van der Waals surface area contributed by atoms with Crippen molar-refractivity contribution in [2.75, 3.05) is 0 Å². The summed E-state index contributed by atoms with van der Waals surface area (Å²) in [6, 6.07) is 21.9. The minimum atomic E-state index is -1.11. The molecule has 0 bridgehead atoms. The van der Waals surface area contributed by atoms with E-state index in [-0.39, 0.29) is 24.8 Å². The number of rotatable bonds is 2. The molecule has 6 rings (SSSR count). The van der Waals surface area contributed by atoms with Crippen molar-refractivity contribution >= 4 is 18.8 Å². The van der Waals surface area contributed by atoms with Gasteiger partial charge >= 0.3 is 101 Å². The van der Waals surface area contributed by atoms with Crippen LogP contribution in [0.5, 0.6) is 0 Å². The van der Waals surface area contributed by atoms with Crippen molar-refractivity contribution < 1.29 is 46.4 Å². The van der Waals surface area contributed by atoms with Crippen molar-refractivity contribution in [2.45, 2.75) is 38.5 Å². The van der Waals surface area contributed by atoms with Crippen LogP contribution in [0.25, 0.3) is 0 Å². The first-order chi connectivity index (χ1) is 15.8. The summed E-state index contributed by atoms with van der Waals surface area (Å²) in [5.74, 6) is 1.77. The Labute approximate surface area is 234 Å². The molecule has 2 atom stereocenters. The third-order valence-corrected chi connectivity index (χ3v) is 17.7. The Morgan fingerprint density at radius 2 is 1.06 bits per heavy atom. The molecule has 0 saturated heterocycles. The van der Waals surface area contributed by atoms with Crippen LogP contribution in [0, 0.1) is 24.7 Å². The predicted molar refractivity (Wildman–Crippen MR) is 136 cm³/mol. The first-order valence-electron chi connectivity index (χ1n) is 11.9. The molecule has 0 spiro atoms. The standard InChI is InChI=1S/C12H10Ge.2C9H11.2ClH.Zr/c1-3-7-11(8-4-1)13-12-9-5-2-6-10-12;2*1-2-5-9-7-3-6-8(9)4-1;;;/h1-10H;2*1-2,4,6,9H,3,5,7H2;2*1H;/q;2*-1;;;+2/p-2. The summed E-state index contributed by atoms with van der Waals surface area (Å²) in [4.78, 5) is 0. The Hall–Kier alpha value is -0.854. The van der Waals surface area contributed by atoms with Crippen molar-refractivity contribution in [1.29, 1.82) is 0 Å². The number of hydrogen-bond acceptors (Lipinski definition) is 0. The van der Waals surface area contributed by atoms with Gasteiger partial charge in [0.2, 0.25) is 0 Å². The van der Waals surface area contributed by atoms with Gasteiger partial charge in [0.05, 0.1) is 0 Å². The van der Waals surface area contributed by atoms with Crippen molar-refractivity contribution in [3.05, 3.63) is 121 Å². The Bertz CT molecular complexity index is 927. The van der Waals surface area contributed by atoms with Gasteiger partial charge in [0, 0.05) is 0 Å². The predicted octanol–water partition coefficient (Wildman–Crippen LogP) is 0.321. The average molecular weight is 627 g/mol. The molecule has 2 fully saturated rings. The molecule has 0 aliphatic heterocycles. The zero-order chi connectivity index (χ0) is 22.0. The molecule has 0 aromatic heterocycles. The van der Waals surface area contributed by atoms with Gasteiger partial charge in [-0.25, -0.2) is 36.1 Å². The van der Waals surface area contributed by atoms with Crippen LogP contribution in [0.3, 0.4) is 0 Å². The summed E-state index contributed by atoms with van der Waals surface area (Å²) >= 11 is 1.71. The van der Waals surface area contributed by atoms with Gasteiger partial charge in [-0.3, -0.25) is 0 Å². The Kier molecular flexibility index (Phi) is 13.8. The quantitative estimate of drug-likeness (QED) is 0.333. The molecule has 4 heteroatoms. The van der Waals surface area contributed by atoms with Gasteiger partial charge in [-0.1, -0.05) is 12.8 Å². The summed E-state index contributed by atoms with van der Waals surface area (Å²) in [5.41, 5.74) is 3.16. The van der Waals surface area contributed by atoms with Gasteiger partial charge in [0.15, 0.2) is 0 Å². The van der Waals surface area contributed by atoms with E-state index in [2.05, 4.69) is 110 Å². The summed E-state index contributed by atoms with van der Waals surface area (Å²) in [6.07, 6.45) is 26.1. The molecular weight excluding hydrogens is 595 g/mol. The van der Waals surface area contributed by atoms with E-state index in [1.165, 1.54) is 38.5 Å². The number of halogens is 2. The molecular formula is C30H32Cl2GeZr-2. The van der Waals surface area contributed by atoms with Crippen LogP contribution in [-0.2, 0) is 21.6 Å². The van der Waals surface area contributed by atoms with E-state index >= 15 is 0 Å². The van der Waals surface area contributed by atoms with Crippen LogP contribution in [0.1, 0.15) is 38.5 Å². The van der Waals surface area contributed by atoms with E-state index in [0.717, 1.165) is 11.8 Å². The fourth-order valence-corrected chi connectivity index (χ4v) is 11.9. The maximum atomic E-state index is 2.37. The van der Waals surface area contributed by atoms with Crippen molar-refractivity contribution in [2.24, 2.45) is 11.8 Å². The van der Waals surface area contributed by atoms with E-state index in [1.807, 2.05) is 0 Å². The Morgan fingerprint density at radius 1 is 0.647 bits per heavy atom. The maximum absolute atomic E-state index is 2.37. The fraction of sp³-hybridized carbons (Fsp3) is 0.267. The molecule has 4 aliphatic carbocycles. The Morgan fingerprint density at radius 3 is 1.44 bits per heavy atom. The second kappa shape index (κ2) is 16.0. The van der Waals surface area contributed by atoms with Gasteiger partial charge in [-0.15, -0.1) is 37.1 Å². The SMILES string of the molecule is C1=CCC2CC[CH-]C2=C1.C1=CCC2CC[CH-]C2=C1.[Cl-].[Cl-].[Zr+2]=[Ge]([c]1ccccc1)[c]1ccccc1. The molecule has 0 N–H and O–H groups in total. The van der Waals surface area contributed by atoms with Gasteiger partial charge in [0.25, 0.3) is 0 Å². The molecule has 0 heterocycles. The Balaban J connectivity index is 0.000000181. The molecule has 2 saturated carbocycles. The fourth-order valence-electron chi connectivity index (χ4n) is 4.71. The third-order valence-electron chi connectivity index (χ3n) is 6.55. The molecule has 2 aromatic rings. The van der Waals surface area contributed by atoms with Crippen LogP contribution >= 0.6 is 0 Å². The summed E-state index contributed by atoms with van der Waals surface area (Å²) in [7, 11) is -1.11. The van der Waals surface area contributed by atoms with Crippen LogP contribution in [0.4, 0.5) is 0 Å². The van der Waals surface area contributed by atoms with Crippen molar-refractivity contribution in [3.63, 3.8) is 0 Å². The van der Waals surface area contributed by atoms with Crippen LogP contribution in [0.2, 0.25) is 0 Å². The van der Waals surface area contributed by atoms with Gasteiger partial charge < -0.3 is 24.8 Å². The zero-order valence-corrected chi connectivity index (χ0v) is 25.6. The van der Waals surface area contributed by atoms with Crippen LogP contribution in [-0.4, -0.2) is 9.98 Å². The first kappa shape index (κ1) is 29.4. The van der Waals surface area contributed by atoms with Crippen LogP contribution < -0.4 is 33.6 Å². The molecule has 2 unspecified atom stereocenters. The van der Waals surface area contributed by atoms with Crippen molar-refractivity contribution in [3.8, 4) is 0 Å². The first-order valence-corrected chi connectivity index (χ1v) is 21.4. The molecule has 0 amide bonds. The van der Waals surface area contributed by atoms with E-state index in [9.17, 15) is 0 Å². The summed E-state index contributed by atoms with van der Waals surface area (Å²) in [6.45, 7) is 0. The molecule has 0 nitrogen and oxygen atoms in total. The zero-order valence-electron chi connectivity index (χ0n) is 19.5. The van der Waals surface area contributed by atoms with E-state index in [4.69, 9.17) is 0 Å². The van der Waals surface area contributed by atoms with Crippen molar-refractivity contribution in [1.82, 2.24) is 0 Å². The average Bonchev–Trinajstić information content (AvgIpc) is 3.55. The number of fused-ring (bicyclic) bond motifs is 2. The van der Waals surface area contributed by atoms with E-state index in [0.29, 0.717) is 0 Å². The van der Waals surface area contributed by atoms with Gasteiger partial charge in [0.1, 0.15) is 0 Å². The van der Waals surface area contributed by atoms with Crippen LogP contribution in [0.15, 0.2) is 108 Å². The third kappa shape index (κ3) is 8.67. The minimum absolute atomic E-state index is 0. The van der Waals surface area contributed by atoms with Gasteiger partial charge in [-0.05, 0) is 24.7 Å². The number of hydrogen-bond donors (Lipinski definition) is 0. The summed E-state index contributed by atoms with van der Waals surface area (Å²) in [5, 5.41) is 0. The monoisotopic (exact) mass is 626 g/mol. The molecule has 2 aromatic carbocycles. The number of benzene rings is 2. The van der Waals surface area contributed by atoms with Gasteiger partial charge in [-0.2, -0.15) is 0 Å². The molecule has 176 valence electrons. The molecule has 0 radical (unpaired) electrons. The van der Waals surface area contributed by atoms with E-state index < -0.39 is 9.98 Å². The molecule has 4 aliphatic rings. The second-order valence-electron chi connectivity index (χ2n) is 8.72. The molecule has 34 heavy (non-hydrogen) atoms. The summed E-state index contributed by atoms with van der Waals surface area (Å²) < 4.78 is 3.16. The topological polar surface area (TPSA) is 0 Å². The second-order valence-corrected chi connectivity index (χ2v) is 19.1. The van der Waals surface area contributed by atoms with E-state index in [1.54, 1.807) is 41.5 Å². The number of allylic oxidation sites excluding steroid dienone is 8.